The molecule has 0 spiro atoms. The molecule has 0 amide bonds. The van der Waals surface area contributed by atoms with E-state index in [0.29, 0.717) is 19.3 Å². The number of allylic oxidation sites excluding steroid dienone is 14. The molecule has 77 heavy (non-hydrogen) atoms. The maximum absolute atomic E-state index is 12.8. The maximum Gasteiger partial charge on any atom is 0.306 e. The Labute approximate surface area is 477 Å². The Morgan fingerprint density at radius 2 is 0.532 bits per heavy atom. The van der Waals surface area contributed by atoms with Crippen LogP contribution in [-0.2, 0) is 28.6 Å². The zero-order valence-electron chi connectivity index (χ0n) is 51.0. The highest BCUT2D eigenvalue weighted by molar-refractivity contribution is 5.71. The predicted molar refractivity (Wildman–Crippen MR) is 334 cm³/mol. The van der Waals surface area contributed by atoms with Gasteiger partial charge in [0.2, 0.25) is 0 Å². The zero-order chi connectivity index (χ0) is 55.7. The number of unbranched alkanes of at least 4 members (excludes halogenated alkanes) is 35. The van der Waals surface area contributed by atoms with Crippen molar-refractivity contribution < 1.29 is 28.6 Å². The number of ether oxygens (including phenoxy) is 3. The molecule has 6 heteroatoms. The molecule has 6 nitrogen and oxygen atoms in total. The highest BCUT2D eigenvalue weighted by Gasteiger charge is 2.19. The minimum absolute atomic E-state index is 0.105. The smallest absolute Gasteiger partial charge is 0.306 e. The average Bonchev–Trinajstić information content (AvgIpc) is 3.43. The summed E-state index contributed by atoms with van der Waals surface area (Å²) in [6.45, 7) is 6.46. The summed E-state index contributed by atoms with van der Waals surface area (Å²) < 4.78 is 16.8. The van der Waals surface area contributed by atoms with Crippen molar-refractivity contribution in [3.8, 4) is 0 Å². The summed E-state index contributed by atoms with van der Waals surface area (Å²) in [6.07, 6.45) is 86.4. The monoisotopic (exact) mass is 1070 g/mol. The van der Waals surface area contributed by atoms with Crippen LogP contribution < -0.4 is 0 Å². The van der Waals surface area contributed by atoms with Gasteiger partial charge in [0.25, 0.3) is 0 Å². The first-order valence-electron chi connectivity index (χ1n) is 33.1. The molecule has 0 fully saturated rings. The van der Waals surface area contributed by atoms with Crippen molar-refractivity contribution >= 4 is 17.9 Å². The van der Waals surface area contributed by atoms with Gasteiger partial charge in [-0.25, -0.2) is 0 Å². The quantitative estimate of drug-likeness (QED) is 0.0261. The molecule has 0 aliphatic rings. The Balaban J connectivity index is 4.12. The van der Waals surface area contributed by atoms with Gasteiger partial charge >= 0.3 is 17.9 Å². The van der Waals surface area contributed by atoms with Crippen LogP contribution >= 0.6 is 0 Å². The van der Waals surface area contributed by atoms with Crippen molar-refractivity contribution in [3.05, 3.63) is 85.1 Å². The van der Waals surface area contributed by atoms with Crippen LogP contribution in [0.2, 0.25) is 0 Å². The van der Waals surface area contributed by atoms with Crippen LogP contribution in [0.3, 0.4) is 0 Å². The van der Waals surface area contributed by atoms with E-state index in [4.69, 9.17) is 14.2 Å². The Morgan fingerprint density at radius 3 is 0.870 bits per heavy atom. The Kier molecular flexibility index (Phi) is 62.2. The minimum atomic E-state index is -0.816. The summed E-state index contributed by atoms with van der Waals surface area (Å²) >= 11 is 0. The van der Waals surface area contributed by atoms with Crippen molar-refractivity contribution in [2.75, 3.05) is 13.2 Å². The molecule has 0 heterocycles. The molecular formula is C71H124O6. The van der Waals surface area contributed by atoms with Crippen LogP contribution in [0.25, 0.3) is 0 Å². The molecule has 0 aliphatic heterocycles. The van der Waals surface area contributed by atoms with Gasteiger partial charge in [-0.2, -0.15) is 0 Å². The maximum atomic E-state index is 12.8. The van der Waals surface area contributed by atoms with E-state index < -0.39 is 6.10 Å². The zero-order valence-corrected chi connectivity index (χ0v) is 51.0. The molecule has 0 radical (unpaired) electrons. The van der Waals surface area contributed by atoms with Crippen molar-refractivity contribution in [3.63, 3.8) is 0 Å². The molecule has 0 saturated carbocycles. The van der Waals surface area contributed by atoms with Gasteiger partial charge in [-0.1, -0.05) is 292 Å². The van der Waals surface area contributed by atoms with Crippen LogP contribution in [0.5, 0.6) is 0 Å². The van der Waals surface area contributed by atoms with E-state index in [1.165, 1.54) is 199 Å². The molecule has 444 valence electrons. The second-order valence-electron chi connectivity index (χ2n) is 22.0. The normalized spacial score (nSPS) is 12.6. The fourth-order valence-electron chi connectivity index (χ4n) is 9.43. The predicted octanol–water partition coefficient (Wildman–Crippen LogP) is 22.7. The summed E-state index contributed by atoms with van der Waals surface area (Å²) in [5, 5.41) is 0. The van der Waals surface area contributed by atoms with Crippen LogP contribution in [0.1, 0.15) is 329 Å². The van der Waals surface area contributed by atoms with E-state index in [1.54, 1.807) is 0 Å². The van der Waals surface area contributed by atoms with E-state index in [2.05, 4.69) is 99.8 Å². The lowest BCUT2D eigenvalue weighted by Gasteiger charge is -2.18. The SMILES string of the molecule is CC/C=C\C/C=C\C/C=C\C/C=C\CCC(=O)OC(COC(=O)CCCCCCC/C=C\CCCCCC)COC(=O)CCCCCCCCCCCCCCCCCCCCCCC/C=C\C/C=C\CCCCCCC. The second-order valence-corrected chi connectivity index (χ2v) is 22.0. The first-order chi connectivity index (χ1) is 38.0. The highest BCUT2D eigenvalue weighted by Crippen LogP contribution is 2.17. The van der Waals surface area contributed by atoms with Gasteiger partial charge in [-0.3, -0.25) is 14.4 Å². The van der Waals surface area contributed by atoms with Crippen molar-refractivity contribution in [2.24, 2.45) is 0 Å². The van der Waals surface area contributed by atoms with E-state index >= 15 is 0 Å². The summed E-state index contributed by atoms with van der Waals surface area (Å²) in [6, 6.07) is 0. The lowest BCUT2D eigenvalue weighted by Crippen LogP contribution is -2.30. The molecule has 0 bridgehead atoms. The second kappa shape index (κ2) is 65.1. The highest BCUT2D eigenvalue weighted by atomic mass is 16.6. The van der Waals surface area contributed by atoms with Gasteiger partial charge in [0.05, 0.1) is 0 Å². The van der Waals surface area contributed by atoms with Crippen LogP contribution in [0, 0.1) is 0 Å². The topological polar surface area (TPSA) is 78.9 Å². The summed E-state index contributed by atoms with van der Waals surface area (Å²) in [5.74, 6) is -0.986. The molecule has 0 saturated heterocycles. The summed E-state index contributed by atoms with van der Waals surface area (Å²) in [4.78, 5) is 38.1. The molecule has 1 atom stereocenters. The molecule has 0 aromatic heterocycles. The number of carbonyl (C=O) groups is 3. The Bertz CT molecular complexity index is 1470. The lowest BCUT2D eigenvalue weighted by atomic mass is 10.0. The van der Waals surface area contributed by atoms with Gasteiger partial charge in [0, 0.05) is 19.3 Å². The van der Waals surface area contributed by atoms with Gasteiger partial charge in [-0.15, -0.1) is 0 Å². The van der Waals surface area contributed by atoms with E-state index in [-0.39, 0.29) is 37.5 Å². The number of rotatable bonds is 60. The minimum Gasteiger partial charge on any atom is -0.462 e. The third-order valence-corrected chi connectivity index (χ3v) is 14.4. The van der Waals surface area contributed by atoms with E-state index in [9.17, 15) is 14.4 Å². The van der Waals surface area contributed by atoms with Crippen molar-refractivity contribution in [1.82, 2.24) is 0 Å². The number of hydrogen-bond donors (Lipinski definition) is 0. The number of esters is 3. The first kappa shape index (κ1) is 73.6. The molecule has 1 unspecified atom stereocenters. The molecule has 0 aromatic rings. The summed E-state index contributed by atoms with van der Waals surface area (Å²) in [7, 11) is 0. The molecule has 0 rings (SSSR count). The molecule has 0 N–H and O–H groups in total. The average molecular weight is 1070 g/mol. The third-order valence-electron chi connectivity index (χ3n) is 14.4. The Morgan fingerprint density at radius 1 is 0.273 bits per heavy atom. The Hall–Kier alpha value is -3.41. The fourth-order valence-corrected chi connectivity index (χ4v) is 9.43. The van der Waals surface area contributed by atoms with Crippen LogP contribution in [-0.4, -0.2) is 37.2 Å². The lowest BCUT2D eigenvalue weighted by molar-refractivity contribution is -0.166. The molecule has 0 aliphatic carbocycles. The van der Waals surface area contributed by atoms with Crippen LogP contribution in [0.15, 0.2) is 85.1 Å². The van der Waals surface area contributed by atoms with Gasteiger partial charge in [-0.05, 0) is 103 Å². The van der Waals surface area contributed by atoms with E-state index in [0.717, 1.165) is 83.5 Å². The van der Waals surface area contributed by atoms with Gasteiger partial charge in [0.15, 0.2) is 6.10 Å². The largest absolute Gasteiger partial charge is 0.462 e. The fraction of sp³-hybridized carbons (Fsp3) is 0.761. The van der Waals surface area contributed by atoms with Crippen molar-refractivity contribution in [1.29, 1.82) is 0 Å². The van der Waals surface area contributed by atoms with Gasteiger partial charge in [0.1, 0.15) is 13.2 Å². The summed E-state index contributed by atoms with van der Waals surface area (Å²) in [5.41, 5.74) is 0. The van der Waals surface area contributed by atoms with Crippen LogP contribution in [0.4, 0.5) is 0 Å². The third kappa shape index (κ3) is 63.3. The number of carbonyl (C=O) groups excluding carboxylic acids is 3. The van der Waals surface area contributed by atoms with Crippen molar-refractivity contribution in [2.45, 2.75) is 335 Å². The van der Waals surface area contributed by atoms with E-state index in [1.807, 2.05) is 6.08 Å². The molecular weight excluding hydrogens is 949 g/mol. The standard InChI is InChI=1S/C71H124O6/c1-4-7-10-13-16-19-22-25-26-27-28-29-30-31-32-33-34-35-36-37-38-39-40-41-42-43-44-47-49-52-55-58-61-64-70(73)76-67-68(77-71(74)65-62-59-56-53-50-46-24-21-18-15-12-9-6-3)66-75-69(72)63-60-57-54-51-48-45-23-20-17-14-11-8-5-2/h9,12,18,20-23,25,27-28,46,50,56,59,68H,4-8,10-11,13-17,19,24,26,29-45,47-49,51-55,57-58,60-67H2,1-3H3/b12-9-,21-18-,23-20-,25-22-,28-27-,50-46-,59-56-. The first-order valence-corrected chi connectivity index (χ1v) is 33.1. The molecule has 0 aromatic carbocycles. The number of hydrogen-bond acceptors (Lipinski definition) is 6. The van der Waals surface area contributed by atoms with Gasteiger partial charge < -0.3 is 14.2 Å².